The van der Waals surface area contributed by atoms with E-state index in [4.69, 9.17) is 8.83 Å². The van der Waals surface area contributed by atoms with Crippen molar-refractivity contribution in [2.75, 3.05) is 0 Å². The molecule has 0 radical (unpaired) electrons. The van der Waals surface area contributed by atoms with Crippen LogP contribution >= 0.6 is 0 Å². The molecule has 2 nitrogen and oxygen atoms in total. The minimum atomic E-state index is 0.796. The Balaban J connectivity index is 1.50. The zero-order chi connectivity index (χ0) is 26.5. The number of rotatable bonds is 5. The lowest BCUT2D eigenvalue weighted by Crippen LogP contribution is -1.98. The Morgan fingerprint density at radius 3 is 1.20 bits per heavy atom. The minimum Gasteiger partial charge on any atom is -0.455 e. The Morgan fingerprint density at radius 2 is 0.750 bits per heavy atom. The smallest absolute Gasteiger partial charge is 0.143 e. The van der Waals surface area contributed by atoms with Crippen LogP contribution in [0, 0.1) is 0 Å². The third-order valence-electron chi connectivity index (χ3n) is 7.99. The Kier molecular flexibility index (Phi) is 5.31. The van der Waals surface area contributed by atoms with E-state index < -0.39 is 0 Å². The van der Waals surface area contributed by atoms with Crippen molar-refractivity contribution in [3.63, 3.8) is 0 Å². The Labute approximate surface area is 232 Å². The molecule has 0 amide bonds. The lowest BCUT2D eigenvalue weighted by atomic mass is 9.87. The van der Waals surface area contributed by atoms with Gasteiger partial charge in [0.15, 0.2) is 0 Å². The number of benzene rings is 6. The van der Waals surface area contributed by atoms with Crippen LogP contribution in [0.4, 0.5) is 0 Å². The fourth-order valence-electron chi connectivity index (χ4n) is 6.13. The predicted molar refractivity (Wildman–Crippen MR) is 165 cm³/mol. The number of hydrogen-bond acceptors (Lipinski definition) is 2. The van der Waals surface area contributed by atoms with Crippen molar-refractivity contribution in [2.24, 2.45) is 0 Å². The average Bonchev–Trinajstić information content (AvgIpc) is 3.57. The van der Waals surface area contributed by atoms with E-state index in [9.17, 15) is 0 Å². The van der Waals surface area contributed by atoms with Gasteiger partial charge >= 0.3 is 0 Å². The maximum atomic E-state index is 6.70. The normalized spacial score (nSPS) is 11.7. The first-order valence-corrected chi connectivity index (χ1v) is 13.8. The summed E-state index contributed by atoms with van der Waals surface area (Å²) in [6.07, 6.45) is 1.59. The Bertz CT molecular complexity index is 1990. The molecule has 0 saturated carbocycles. The summed E-state index contributed by atoms with van der Waals surface area (Å²) in [5, 5.41) is 4.51. The molecule has 6 aromatic carbocycles. The van der Waals surface area contributed by atoms with Gasteiger partial charge in [0.05, 0.1) is 0 Å². The largest absolute Gasteiger partial charge is 0.455 e. The van der Waals surface area contributed by atoms with Gasteiger partial charge in [0.2, 0.25) is 0 Å². The molecule has 40 heavy (non-hydrogen) atoms. The summed E-state index contributed by atoms with van der Waals surface area (Å²) < 4.78 is 13.4. The first-order chi connectivity index (χ1) is 19.8. The molecule has 0 bridgehead atoms. The van der Waals surface area contributed by atoms with Gasteiger partial charge in [-0.3, -0.25) is 0 Å². The number of fused-ring (bicyclic) bond motifs is 6. The predicted octanol–water partition coefficient (Wildman–Crippen LogP) is 10.3. The molecule has 2 heteroatoms. The van der Waals surface area contributed by atoms with E-state index in [1.807, 2.05) is 12.1 Å². The molecule has 0 saturated heterocycles. The van der Waals surface area contributed by atoms with Gasteiger partial charge < -0.3 is 8.83 Å². The van der Waals surface area contributed by atoms with Crippen LogP contribution in [0.5, 0.6) is 0 Å². The molecule has 0 fully saturated rings. The molecule has 0 aliphatic carbocycles. The molecular weight excluding hydrogens is 488 g/mol. The summed E-state index contributed by atoms with van der Waals surface area (Å²) in [6, 6.07) is 47.0. The summed E-state index contributed by atoms with van der Waals surface area (Å²) in [7, 11) is 0. The zero-order valence-electron chi connectivity index (χ0n) is 21.9. The Hall–Kier alpha value is -5.08. The van der Waals surface area contributed by atoms with Crippen LogP contribution in [0.3, 0.4) is 0 Å². The van der Waals surface area contributed by atoms with Crippen molar-refractivity contribution in [1.82, 2.24) is 0 Å². The Morgan fingerprint density at radius 1 is 0.350 bits per heavy atom. The molecule has 8 aromatic rings. The summed E-state index contributed by atoms with van der Waals surface area (Å²) >= 11 is 0. The van der Waals surface area contributed by atoms with Gasteiger partial charge in [-0.25, -0.2) is 0 Å². The molecule has 2 aromatic heterocycles. The second-order valence-electron chi connectivity index (χ2n) is 10.5. The SMILES string of the molecule is c1ccc(Cc2ccc3c(oc4ccccc43)c2-c2c(Cc3ccccc3)ccc3c2oc2ccccc23)cc1. The van der Waals surface area contributed by atoms with E-state index in [1.54, 1.807) is 0 Å². The maximum Gasteiger partial charge on any atom is 0.143 e. The average molecular weight is 515 g/mol. The number of para-hydroxylation sites is 2. The van der Waals surface area contributed by atoms with Gasteiger partial charge in [-0.2, -0.15) is 0 Å². The van der Waals surface area contributed by atoms with Gasteiger partial charge in [-0.05, 0) is 47.2 Å². The third kappa shape index (κ3) is 3.72. The fourth-order valence-corrected chi connectivity index (χ4v) is 6.13. The fraction of sp³-hybridized carbons (Fsp3) is 0.0526. The lowest BCUT2D eigenvalue weighted by Gasteiger charge is -2.16. The third-order valence-corrected chi connectivity index (χ3v) is 7.99. The molecule has 8 rings (SSSR count). The van der Waals surface area contributed by atoms with Crippen LogP contribution in [0.25, 0.3) is 55.0 Å². The van der Waals surface area contributed by atoms with E-state index in [0.29, 0.717) is 0 Å². The van der Waals surface area contributed by atoms with E-state index in [0.717, 1.165) is 67.8 Å². The van der Waals surface area contributed by atoms with E-state index in [-0.39, 0.29) is 0 Å². The topological polar surface area (TPSA) is 26.3 Å². The monoisotopic (exact) mass is 514 g/mol. The molecular formula is C38H26O2. The van der Waals surface area contributed by atoms with E-state index >= 15 is 0 Å². The van der Waals surface area contributed by atoms with Crippen molar-refractivity contribution < 1.29 is 8.83 Å². The summed E-state index contributed by atoms with van der Waals surface area (Å²) in [5.41, 5.74) is 10.8. The highest BCUT2D eigenvalue weighted by molar-refractivity contribution is 6.16. The van der Waals surface area contributed by atoms with Crippen molar-refractivity contribution in [3.8, 4) is 11.1 Å². The molecule has 0 aliphatic rings. The standard InChI is InChI=1S/C38H26O2/c1-3-11-25(12-4-1)23-27-19-21-31-29-15-7-9-17-33(29)39-37(31)35(27)36-28(24-26-13-5-2-6-14-26)20-22-32-30-16-8-10-18-34(30)40-38(32)36/h1-22H,23-24H2. The van der Waals surface area contributed by atoms with Gasteiger partial charge in [0.25, 0.3) is 0 Å². The molecule has 0 aliphatic heterocycles. The summed E-state index contributed by atoms with van der Waals surface area (Å²) in [4.78, 5) is 0. The van der Waals surface area contributed by atoms with Crippen molar-refractivity contribution in [2.45, 2.75) is 12.8 Å². The van der Waals surface area contributed by atoms with Crippen molar-refractivity contribution in [3.05, 3.63) is 156 Å². The van der Waals surface area contributed by atoms with E-state index in [2.05, 4.69) is 121 Å². The molecule has 0 spiro atoms. The van der Waals surface area contributed by atoms with Crippen molar-refractivity contribution in [1.29, 1.82) is 0 Å². The molecule has 0 atom stereocenters. The second-order valence-corrected chi connectivity index (χ2v) is 10.5. The quantitative estimate of drug-likeness (QED) is 0.228. The highest BCUT2D eigenvalue weighted by Gasteiger charge is 2.24. The van der Waals surface area contributed by atoms with Gasteiger partial charge in [0, 0.05) is 32.7 Å². The zero-order valence-corrected chi connectivity index (χ0v) is 21.9. The first-order valence-electron chi connectivity index (χ1n) is 13.8. The molecule has 2 heterocycles. The van der Waals surface area contributed by atoms with Crippen molar-refractivity contribution >= 4 is 43.9 Å². The molecule has 0 unspecified atom stereocenters. The lowest BCUT2D eigenvalue weighted by molar-refractivity contribution is 0.664. The van der Waals surface area contributed by atoms with Crippen LogP contribution < -0.4 is 0 Å². The van der Waals surface area contributed by atoms with Crippen LogP contribution in [0.1, 0.15) is 22.3 Å². The number of hydrogen-bond donors (Lipinski definition) is 0. The molecule has 0 N–H and O–H groups in total. The van der Waals surface area contributed by atoms with E-state index in [1.165, 1.54) is 22.3 Å². The maximum absolute atomic E-state index is 6.70. The minimum absolute atomic E-state index is 0.796. The van der Waals surface area contributed by atoms with Crippen LogP contribution in [-0.4, -0.2) is 0 Å². The molecule has 190 valence electrons. The van der Waals surface area contributed by atoms with Crippen LogP contribution in [0.2, 0.25) is 0 Å². The summed E-state index contributed by atoms with van der Waals surface area (Å²) in [6.45, 7) is 0. The van der Waals surface area contributed by atoms with Gasteiger partial charge in [-0.1, -0.05) is 121 Å². The first kappa shape index (κ1) is 22.9. The second kappa shape index (κ2) is 9.29. The van der Waals surface area contributed by atoms with Gasteiger partial charge in [-0.15, -0.1) is 0 Å². The highest BCUT2D eigenvalue weighted by Crippen LogP contribution is 2.45. The number of furan rings is 2. The summed E-state index contributed by atoms with van der Waals surface area (Å²) in [5.74, 6) is 0. The van der Waals surface area contributed by atoms with Crippen LogP contribution in [0.15, 0.2) is 142 Å². The van der Waals surface area contributed by atoms with Crippen LogP contribution in [-0.2, 0) is 12.8 Å². The highest BCUT2D eigenvalue weighted by atomic mass is 16.3. The van der Waals surface area contributed by atoms with Gasteiger partial charge in [0.1, 0.15) is 22.3 Å².